The lowest BCUT2D eigenvalue weighted by Crippen LogP contribution is -2.42. The van der Waals surface area contributed by atoms with Gasteiger partial charge in [-0.2, -0.15) is 43.9 Å². The molecule has 1 N–H and O–H groups in total. The van der Waals surface area contributed by atoms with E-state index < -0.39 is 41.8 Å². The van der Waals surface area contributed by atoms with Gasteiger partial charge in [0.2, 0.25) is 0 Å². The molecular weight excluding hydrogens is 486 g/mol. The minimum atomic E-state index is -6.13. The molecule has 0 spiro atoms. The second-order valence-corrected chi connectivity index (χ2v) is 7.02. The number of benzene rings is 1. The van der Waals surface area contributed by atoms with Crippen molar-refractivity contribution in [3.05, 3.63) is 33.7 Å². The maximum atomic E-state index is 13.2. The maximum Gasteiger partial charge on any atom is 0.499 e. The van der Waals surface area contributed by atoms with E-state index >= 15 is 0 Å². The van der Waals surface area contributed by atoms with Crippen LogP contribution in [0.25, 0.3) is 0 Å². The van der Waals surface area contributed by atoms with Crippen molar-refractivity contribution in [2.24, 2.45) is 0 Å². The number of ether oxygens (including phenoxy) is 2. The Morgan fingerprint density at radius 3 is 1.97 bits per heavy atom. The zero-order valence-corrected chi connectivity index (χ0v) is 15.4. The van der Waals surface area contributed by atoms with E-state index in [1.54, 1.807) is 0 Å². The number of rotatable bonds is 7. The maximum absolute atomic E-state index is 13.2. The lowest BCUT2D eigenvalue weighted by molar-refractivity contribution is -0.361. The molecule has 0 fully saturated rings. The normalized spacial score (nSPS) is 13.3. The molecule has 1 heterocycles. The third-order valence-electron chi connectivity index (χ3n) is 3.07. The molecule has 0 aliphatic rings. The molecule has 0 atom stereocenters. The van der Waals surface area contributed by atoms with Crippen molar-refractivity contribution in [2.45, 2.75) is 31.1 Å². The number of hydrogen-bond acceptors (Lipinski definition) is 5. The summed E-state index contributed by atoms with van der Waals surface area (Å²) < 4.78 is 134. The van der Waals surface area contributed by atoms with Crippen LogP contribution in [0.2, 0.25) is 4.47 Å². The van der Waals surface area contributed by atoms with Gasteiger partial charge in [-0.1, -0.05) is 11.6 Å². The highest BCUT2D eigenvalue weighted by atomic mass is 35.5. The van der Waals surface area contributed by atoms with Crippen LogP contribution in [0, 0.1) is 0 Å². The third-order valence-corrected chi connectivity index (χ3v) is 4.19. The van der Waals surface area contributed by atoms with Gasteiger partial charge in [0.1, 0.15) is 11.5 Å². The molecule has 30 heavy (non-hydrogen) atoms. The summed E-state index contributed by atoms with van der Waals surface area (Å²) in [6, 6.07) is 0.948. The summed E-state index contributed by atoms with van der Waals surface area (Å²) in [5, 5.41) is 2.26. The Balaban J connectivity index is 2.35. The molecule has 168 valence electrons. The lowest BCUT2D eigenvalue weighted by Gasteiger charge is -2.23. The van der Waals surface area contributed by atoms with E-state index in [1.165, 1.54) is 6.20 Å². The van der Waals surface area contributed by atoms with Crippen molar-refractivity contribution in [1.29, 1.82) is 0 Å². The molecular formula is C14H7ClF10N2O2S. The van der Waals surface area contributed by atoms with Crippen LogP contribution >= 0.6 is 22.9 Å². The van der Waals surface area contributed by atoms with Gasteiger partial charge in [-0.05, 0) is 12.1 Å². The number of hydrogen-bond donors (Lipinski definition) is 1. The van der Waals surface area contributed by atoms with Crippen LogP contribution in [-0.2, 0) is 6.54 Å². The first kappa shape index (κ1) is 24.1. The van der Waals surface area contributed by atoms with Crippen LogP contribution in [0.4, 0.5) is 49.6 Å². The van der Waals surface area contributed by atoms with Gasteiger partial charge in [0.25, 0.3) is 0 Å². The molecule has 0 bridgehead atoms. The Morgan fingerprint density at radius 2 is 1.47 bits per heavy atom. The average molecular weight is 493 g/mol. The Labute approximate surface area is 169 Å². The fourth-order valence-corrected chi connectivity index (χ4v) is 2.67. The quantitative estimate of drug-likeness (QED) is 0.450. The van der Waals surface area contributed by atoms with E-state index in [0.29, 0.717) is 23.1 Å². The summed E-state index contributed by atoms with van der Waals surface area (Å²) in [6.45, 7) is -0.322. The first-order chi connectivity index (χ1) is 13.5. The highest BCUT2D eigenvalue weighted by Gasteiger charge is 2.62. The lowest BCUT2D eigenvalue weighted by atomic mass is 10.2. The van der Waals surface area contributed by atoms with Gasteiger partial charge in [0.15, 0.2) is 4.47 Å². The molecule has 16 heteroatoms. The molecule has 2 aromatic rings. The van der Waals surface area contributed by atoms with Crippen LogP contribution in [0.5, 0.6) is 11.5 Å². The summed E-state index contributed by atoms with van der Waals surface area (Å²) in [6.07, 6.45) is -22.4. The summed E-state index contributed by atoms with van der Waals surface area (Å²) >= 11 is 6.44. The SMILES string of the molecule is FC(F)(F)C(F)(F)Oc1ccc(OC(F)(F)C(F)(F)F)c(NCc2cnc(Cl)s2)c1. The standard InChI is InChI=1S/C14H7ClF10N2O2S/c15-10-27-5-7(30-10)4-26-8-3-6(28-13(22,23)11(16,17)18)1-2-9(8)29-14(24,25)12(19,20)21/h1-3,5,26H,4H2. The van der Waals surface area contributed by atoms with Crippen LogP contribution < -0.4 is 14.8 Å². The molecule has 0 saturated heterocycles. The smallest absolute Gasteiger partial charge is 0.426 e. The molecule has 0 aliphatic heterocycles. The average Bonchev–Trinajstić information content (AvgIpc) is 2.97. The summed E-state index contributed by atoms with van der Waals surface area (Å²) in [7, 11) is 0. The Kier molecular flexibility index (Phi) is 6.57. The topological polar surface area (TPSA) is 43.4 Å². The van der Waals surface area contributed by atoms with Crippen molar-refractivity contribution in [3.8, 4) is 11.5 Å². The van der Waals surface area contributed by atoms with Crippen LogP contribution in [0.3, 0.4) is 0 Å². The molecule has 0 radical (unpaired) electrons. The first-order valence-electron chi connectivity index (χ1n) is 7.27. The number of nitrogens with one attached hydrogen (secondary N) is 1. The van der Waals surface area contributed by atoms with Crippen LogP contribution in [0.15, 0.2) is 24.4 Å². The second-order valence-electron chi connectivity index (χ2n) is 5.32. The van der Waals surface area contributed by atoms with Gasteiger partial charge in [-0.3, -0.25) is 0 Å². The van der Waals surface area contributed by atoms with Crippen LogP contribution in [-0.4, -0.2) is 29.6 Å². The molecule has 1 aromatic carbocycles. The molecule has 1 aromatic heterocycles. The number of halogens is 11. The summed E-state index contributed by atoms with van der Waals surface area (Å²) in [5.41, 5.74) is -0.793. The Morgan fingerprint density at radius 1 is 0.900 bits per heavy atom. The van der Waals surface area contributed by atoms with E-state index in [-0.39, 0.29) is 11.0 Å². The monoisotopic (exact) mass is 492 g/mol. The number of anilines is 1. The van der Waals surface area contributed by atoms with Gasteiger partial charge in [-0.25, -0.2) is 4.98 Å². The van der Waals surface area contributed by atoms with Crippen molar-refractivity contribution < 1.29 is 53.4 Å². The summed E-state index contributed by atoms with van der Waals surface area (Å²) in [5.74, 6) is -2.39. The zero-order valence-electron chi connectivity index (χ0n) is 13.8. The number of nitrogens with zero attached hydrogens (tertiary/aromatic N) is 1. The molecule has 4 nitrogen and oxygen atoms in total. The molecule has 0 unspecified atom stereocenters. The molecule has 2 rings (SSSR count). The number of alkyl halides is 10. The fraction of sp³-hybridized carbons (Fsp3) is 0.357. The van der Waals surface area contributed by atoms with Crippen LogP contribution in [0.1, 0.15) is 4.88 Å². The van der Waals surface area contributed by atoms with Gasteiger partial charge in [-0.15, -0.1) is 11.3 Å². The Hall–Kier alpha value is -2.16. The third kappa shape index (κ3) is 5.71. The highest BCUT2D eigenvalue weighted by Crippen LogP contribution is 2.42. The van der Waals surface area contributed by atoms with Gasteiger partial charge >= 0.3 is 24.6 Å². The largest absolute Gasteiger partial charge is 0.499 e. The first-order valence-corrected chi connectivity index (χ1v) is 8.46. The second kappa shape index (κ2) is 8.17. The zero-order chi connectivity index (χ0) is 23.0. The van der Waals surface area contributed by atoms with Gasteiger partial charge in [0.05, 0.1) is 12.2 Å². The minimum absolute atomic E-state index is 0.0498. The Bertz CT molecular complexity index is 884. The van der Waals surface area contributed by atoms with E-state index in [2.05, 4.69) is 19.8 Å². The molecule has 0 amide bonds. The summed E-state index contributed by atoms with van der Waals surface area (Å²) in [4.78, 5) is 3.95. The molecule has 0 aliphatic carbocycles. The number of thiazole rings is 1. The van der Waals surface area contributed by atoms with E-state index in [1.807, 2.05) is 0 Å². The predicted octanol–water partition coefficient (Wildman–Crippen LogP) is 6.48. The minimum Gasteiger partial charge on any atom is -0.426 e. The predicted molar refractivity (Wildman–Crippen MR) is 84.2 cm³/mol. The van der Waals surface area contributed by atoms with Crippen molar-refractivity contribution in [2.75, 3.05) is 5.32 Å². The van der Waals surface area contributed by atoms with Crippen molar-refractivity contribution >= 4 is 28.6 Å². The van der Waals surface area contributed by atoms with E-state index in [4.69, 9.17) is 11.6 Å². The van der Waals surface area contributed by atoms with Crippen molar-refractivity contribution in [1.82, 2.24) is 4.98 Å². The van der Waals surface area contributed by atoms with E-state index in [9.17, 15) is 43.9 Å². The fourth-order valence-electron chi connectivity index (χ4n) is 1.75. The van der Waals surface area contributed by atoms with Crippen molar-refractivity contribution in [3.63, 3.8) is 0 Å². The van der Waals surface area contributed by atoms with E-state index in [0.717, 1.165) is 11.3 Å². The van der Waals surface area contributed by atoms with Gasteiger partial charge in [0, 0.05) is 17.1 Å². The highest BCUT2D eigenvalue weighted by molar-refractivity contribution is 7.15. The number of aromatic nitrogens is 1. The molecule has 0 saturated carbocycles. The van der Waals surface area contributed by atoms with Gasteiger partial charge < -0.3 is 14.8 Å².